The van der Waals surface area contributed by atoms with Crippen LogP contribution in [-0.2, 0) is 13.1 Å². The van der Waals surface area contributed by atoms with Gasteiger partial charge in [-0.3, -0.25) is 4.79 Å². The number of nitrogen functional groups attached to an aromatic ring is 1. The summed E-state index contributed by atoms with van der Waals surface area (Å²) in [6.07, 6.45) is 0. The lowest BCUT2D eigenvalue weighted by Crippen LogP contribution is -2.27. The number of hydrogen-bond donors (Lipinski definition) is 1. The van der Waals surface area contributed by atoms with Gasteiger partial charge in [-0.25, -0.2) is 9.97 Å². The van der Waals surface area contributed by atoms with Crippen LogP contribution in [0.4, 0.5) is 5.95 Å². The number of aryl methyl sites for hydroxylation is 1. The van der Waals surface area contributed by atoms with Gasteiger partial charge in [0.05, 0.1) is 5.52 Å². The van der Waals surface area contributed by atoms with Gasteiger partial charge in [0.25, 0.3) is 5.91 Å². The van der Waals surface area contributed by atoms with Crippen molar-refractivity contribution < 1.29 is 4.79 Å². The molecule has 2 heterocycles. The summed E-state index contributed by atoms with van der Waals surface area (Å²) in [5, 5.41) is 0.750. The average molecular weight is 304 g/mol. The molecule has 0 saturated carbocycles. The quantitative estimate of drug-likeness (QED) is 0.750. The highest BCUT2D eigenvalue weighted by molar-refractivity contribution is 6.05. The van der Waals surface area contributed by atoms with Crippen LogP contribution in [0.2, 0.25) is 0 Å². The molecule has 1 amide bonds. The Bertz CT molecular complexity index is 910. The molecular formula is C18H16N4O. The minimum absolute atomic E-state index is 0.106. The number of carbonyl (C=O) groups is 1. The number of hydrogen-bond acceptors (Lipinski definition) is 4. The van der Waals surface area contributed by atoms with Gasteiger partial charge in [-0.1, -0.05) is 35.9 Å². The molecule has 0 spiro atoms. The average Bonchev–Trinajstić information content (AvgIpc) is 2.98. The maximum absolute atomic E-state index is 13.0. The zero-order valence-corrected chi connectivity index (χ0v) is 12.8. The fourth-order valence-electron chi connectivity index (χ4n) is 3.05. The third-order valence-corrected chi connectivity index (χ3v) is 4.20. The van der Waals surface area contributed by atoms with Crippen molar-refractivity contribution in [1.29, 1.82) is 0 Å². The molecular weight excluding hydrogens is 288 g/mol. The Morgan fingerprint density at radius 2 is 1.78 bits per heavy atom. The summed E-state index contributed by atoms with van der Waals surface area (Å²) in [6.45, 7) is 3.19. The topological polar surface area (TPSA) is 72.1 Å². The molecule has 0 aliphatic carbocycles. The molecule has 2 aromatic carbocycles. The molecule has 1 aliphatic heterocycles. The monoisotopic (exact) mass is 304 g/mol. The number of nitrogens with two attached hydrogens (primary N) is 1. The van der Waals surface area contributed by atoms with E-state index in [0.717, 1.165) is 10.9 Å². The van der Waals surface area contributed by atoms with E-state index in [9.17, 15) is 4.79 Å². The van der Waals surface area contributed by atoms with E-state index in [4.69, 9.17) is 5.73 Å². The van der Waals surface area contributed by atoms with Crippen LogP contribution in [0.3, 0.4) is 0 Å². The Balaban J connectivity index is 1.78. The van der Waals surface area contributed by atoms with Crippen molar-refractivity contribution in [3.05, 3.63) is 64.8 Å². The van der Waals surface area contributed by atoms with Gasteiger partial charge in [-0.15, -0.1) is 0 Å². The fraction of sp³-hybridized carbons (Fsp3) is 0.167. The molecule has 23 heavy (non-hydrogen) atoms. The lowest BCUT2D eigenvalue weighted by atomic mass is 10.1. The summed E-state index contributed by atoms with van der Waals surface area (Å²) in [5.74, 6) is 0.0207. The van der Waals surface area contributed by atoms with Crippen LogP contribution in [0.25, 0.3) is 10.9 Å². The number of anilines is 1. The molecule has 5 heteroatoms. The number of carbonyl (C=O) groups excluding carboxylic acids is 1. The van der Waals surface area contributed by atoms with Crippen molar-refractivity contribution >= 4 is 22.8 Å². The van der Waals surface area contributed by atoms with Crippen molar-refractivity contribution in [1.82, 2.24) is 14.9 Å². The molecule has 0 unspecified atom stereocenters. The Hall–Kier alpha value is -2.95. The zero-order valence-electron chi connectivity index (χ0n) is 12.8. The highest BCUT2D eigenvalue weighted by Crippen LogP contribution is 2.26. The predicted molar refractivity (Wildman–Crippen MR) is 88.7 cm³/mol. The molecule has 5 nitrogen and oxygen atoms in total. The first-order valence-corrected chi connectivity index (χ1v) is 7.52. The van der Waals surface area contributed by atoms with Gasteiger partial charge < -0.3 is 10.6 Å². The highest BCUT2D eigenvalue weighted by Gasteiger charge is 2.26. The zero-order chi connectivity index (χ0) is 16.0. The summed E-state index contributed by atoms with van der Waals surface area (Å²) in [6, 6.07) is 13.9. The van der Waals surface area contributed by atoms with Crippen LogP contribution in [0.5, 0.6) is 0 Å². The highest BCUT2D eigenvalue weighted by atomic mass is 16.2. The van der Waals surface area contributed by atoms with E-state index in [1.54, 1.807) is 4.90 Å². The lowest BCUT2D eigenvalue weighted by molar-refractivity contribution is 0.0747. The van der Waals surface area contributed by atoms with E-state index in [2.05, 4.69) is 22.1 Å². The van der Waals surface area contributed by atoms with E-state index in [0.29, 0.717) is 24.3 Å². The molecule has 0 saturated heterocycles. The first-order chi connectivity index (χ1) is 11.1. The SMILES string of the molecule is Cc1ccc2nc(N)nc(C(=O)N3Cc4ccccc4C3)c2c1. The minimum Gasteiger partial charge on any atom is -0.368 e. The summed E-state index contributed by atoms with van der Waals surface area (Å²) in [5.41, 5.74) is 10.3. The largest absolute Gasteiger partial charge is 0.368 e. The van der Waals surface area contributed by atoms with Gasteiger partial charge in [0.15, 0.2) is 0 Å². The molecule has 3 aromatic rings. The normalized spacial score (nSPS) is 13.3. The van der Waals surface area contributed by atoms with Crippen LogP contribution >= 0.6 is 0 Å². The smallest absolute Gasteiger partial charge is 0.273 e. The first kappa shape index (κ1) is 13.7. The first-order valence-electron chi connectivity index (χ1n) is 7.52. The molecule has 0 atom stereocenters. The second-order valence-corrected chi connectivity index (χ2v) is 5.88. The number of rotatable bonds is 1. The molecule has 0 radical (unpaired) electrons. The van der Waals surface area contributed by atoms with Crippen LogP contribution in [-0.4, -0.2) is 20.8 Å². The van der Waals surface area contributed by atoms with E-state index in [1.165, 1.54) is 11.1 Å². The molecule has 0 bridgehead atoms. The summed E-state index contributed by atoms with van der Waals surface area (Å²) >= 11 is 0. The molecule has 1 aliphatic rings. The number of nitrogens with zero attached hydrogens (tertiary/aromatic N) is 3. The van der Waals surface area contributed by atoms with Gasteiger partial charge in [-0.2, -0.15) is 0 Å². The molecule has 0 fully saturated rings. The lowest BCUT2D eigenvalue weighted by Gasteiger charge is -2.16. The summed E-state index contributed by atoms with van der Waals surface area (Å²) in [7, 11) is 0. The van der Waals surface area contributed by atoms with Crippen molar-refractivity contribution in [2.45, 2.75) is 20.0 Å². The minimum atomic E-state index is -0.106. The molecule has 2 N–H and O–H groups in total. The van der Waals surface area contributed by atoms with Crippen LogP contribution in [0, 0.1) is 6.92 Å². The molecule has 4 rings (SSSR count). The van der Waals surface area contributed by atoms with E-state index < -0.39 is 0 Å². The van der Waals surface area contributed by atoms with E-state index in [1.807, 2.05) is 37.3 Å². The molecule has 1 aromatic heterocycles. The van der Waals surface area contributed by atoms with E-state index in [-0.39, 0.29) is 11.9 Å². The summed E-state index contributed by atoms with van der Waals surface area (Å²) < 4.78 is 0. The molecule has 114 valence electrons. The van der Waals surface area contributed by atoms with Crippen molar-refractivity contribution in [2.75, 3.05) is 5.73 Å². The van der Waals surface area contributed by atoms with Crippen molar-refractivity contribution in [3.8, 4) is 0 Å². The van der Waals surface area contributed by atoms with Crippen molar-refractivity contribution in [2.24, 2.45) is 0 Å². The third kappa shape index (κ3) is 2.30. The second kappa shape index (κ2) is 5.05. The Kier molecular flexibility index (Phi) is 3.01. The maximum atomic E-state index is 13.0. The van der Waals surface area contributed by atoms with Crippen LogP contribution < -0.4 is 5.73 Å². The number of amides is 1. The standard InChI is InChI=1S/C18H16N4O/c1-11-6-7-15-14(8-11)16(21-18(19)20-15)17(23)22-9-12-4-2-3-5-13(12)10-22/h2-8H,9-10H2,1H3,(H2,19,20,21). The Morgan fingerprint density at radius 1 is 1.09 bits per heavy atom. The van der Waals surface area contributed by atoms with Gasteiger partial charge in [-0.05, 0) is 30.2 Å². The number of fused-ring (bicyclic) bond motifs is 2. The summed E-state index contributed by atoms with van der Waals surface area (Å²) in [4.78, 5) is 23.2. The van der Waals surface area contributed by atoms with Gasteiger partial charge in [0.1, 0.15) is 5.69 Å². The second-order valence-electron chi connectivity index (χ2n) is 5.88. The third-order valence-electron chi connectivity index (χ3n) is 4.20. The fourth-order valence-corrected chi connectivity index (χ4v) is 3.05. The van der Waals surface area contributed by atoms with Crippen LogP contribution in [0.1, 0.15) is 27.2 Å². The number of benzene rings is 2. The van der Waals surface area contributed by atoms with Crippen LogP contribution in [0.15, 0.2) is 42.5 Å². The van der Waals surface area contributed by atoms with Gasteiger partial charge in [0, 0.05) is 18.5 Å². The van der Waals surface area contributed by atoms with Crippen molar-refractivity contribution in [3.63, 3.8) is 0 Å². The maximum Gasteiger partial charge on any atom is 0.273 e. The van der Waals surface area contributed by atoms with E-state index >= 15 is 0 Å². The Morgan fingerprint density at radius 3 is 2.48 bits per heavy atom. The predicted octanol–water partition coefficient (Wildman–Crippen LogP) is 2.68. The number of aromatic nitrogens is 2. The van der Waals surface area contributed by atoms with Gasteiger partial charge >= 0.3 is 0 Å². The van der Waals surface area contributed by atoms with Gasteiger partial charge in [0.2, 0.25) is 5.95 Å². The Labute approximate surface area is 133 Å².